The molecular formula is C25H28N2O3S. The summed E-state index contributed by atoms with van der Waals surface area (Å²) in [6.45, 7) is 8.11. The number of rotatable bonds is 8. The molecule has 0 aliphatic rings. The molecule has 1 N–H and O–H groups in total. The molecule has 1 aromatic heterocycles. The van der Waals surface area contributed by atoms with E-state index in [4.69, 9.17) is 4.42 Å². The van der Waals surface area contributed by atoms with Crippen LogP contribution in [0, 0.1) is 6.92 Å². The van der Waals surface area contributed by atoms with Gasteiger partial charge in [0.25, 0.3) is 0 Å². The number of thioether (sulfide) groups is 1. The second kappa shape index (κ2) is 11.0. The normalized spacial score (nSPS) is 12.1. The van der Waals surface area contributed by atoms with Crippen LogP contribution in [-0.4, -0.2) is 36.4 Å². The highest BCUT2D eigenvalue weighted by Gasteiger charge is 2.09. The quantitative estimate of drug-likeness (QED) is 0.229. The van der Waals surface area contributed by atoms with Crippen molar-refractivity contribution in [2.24, 2.45) is 4.99 Å². The smallest absolute Gasteiger partial charge is 0.343 e. The second-order valence-electron chi connectivity index (χ2n) is 7.03. The number of aliphatic hydroxyl groups is 1. The molecule has 0 aliphatic carbocycles. The molecule has 0 amide bonds. The maximum Gasteiger partial charge on any atom is 0.343 e. The first-order chi connectivity index (χ1) is 15.0. The summed E-state index contributed by atoms with van der Waals surface area (Å²) >= 11 is 1.59. The van der Waals surface area contributed by atoms with E-state index in [2.05, 4.69) is 24.0 Å². The predicted octanol–water partition coefficient (Wildman–Crippen LogP) is 5.14. The van der Waals surface area contributed by atoms with Gasteiger partial charge in [-0.1, -0.05) is 30.0 Å². The van der Waals surface area contributed by atoms with Crippen LogP contribution in [0.1, 0.15) is 25.0 Å². The number of anilines is 1. The molecule has 0 aliphatic heterocycles. The van der Waals surface area contributed by atoms with Gasteiger partial charge >= 0.3 is 5.63 Å². The van der Waals surface area contributed by atoms with Crippen LogP contribution in [-0.2, 0) is 0 Å². The summed E-state index contributed by atoms with van der Waals surface area (Å²) in [4.78, 5) is 20.3. The predicted molar refractivity (Wildman–Crippen MR) is 132 cm³/mol. The third kappa shape index (κ3) is 5.87. The largest absolute Gasteiger partial charge is 0.422 e. The van der Waals surface area contributed by atoms with Crippen molar-refractivity contribution in [3.63, 3.8) is 0 Å². The Hall–Kier alpha value is -2.83. The van der Waals surface area contributed by atoms with E-state index < -0.39 is 0 Å². The zero-order valence-corrected chi connectivity index (χ0v) is 19.0. The van der Waals surface area contributed by atoms with Gasteiger partial charge in [-0.15, -0.1) is 0 Å². The summed E-state index contributed by atoms with van der Waals surface area (Å²) in [5, 5.41) is 10.9. The van der Waals surface area contributed by atoms with Gasteiger partial charge in [0, 0.05) is 41.7 Å². The molecule has 0 saturated heterocycles. The summed E-state index contributed by atoms with van der Waals surface area (Å²) in [5.41, 5.74) is 2.74. The molecule has 5 nitrogen and oxygen atoms in total. The second-order valence-corrected chi connectivity index (χ2v) is 8.09. The first-order valence-electron chi connectivity index (χ1n) is 10.5. The highest BCUT2D eigenvalue weighted by molar-refractivity contribution is 8.14. The first kappa shape index (κ1) is 22.8. The van der Waals surface area contributed by atoms with Gasteiger partial charge < -0.3 is 14.4 Å². The molecule has 3 aromatic rings. The minimum atomic E-state index is -0.386. The Bertz CT molecular complexity index is 1150. The number of hydrogen-bond acceptors (Lipinski definition) is 6. The molecule has 0 fully saturated rings. The van der Waals surface area contributed by atoms with Gasteiger partial charge in [-0.2, -0.15) is 0 Å². The highest BCUT2D eigenvalue weighted by atomic mass is 32.2. The summed E-state index contributed by atoms with van der Waals surface area (Å²) < 4.78 is 5.59. The van der Waals surface area contributed by atoms with Crippen molar-refractivity contribution in [1.82, 2.24) is 0 Å². The molecule has 162 valence electrons. The molecule has 0 saturated carbocycles. The highest BCUT2D eigenvalue weighted by Crippen LogP contribution is 2.25. The number of aliphatic imine (C=N–C) groups is 1. The molecule has 0 radical (unpaired) electrons. The third-order valence-electron chi connectivity index (χ3n) is 4.89. The molecular weight excluding hydrogens is 408 g/mol. The van der Waals surface area contributed by atoms with Crippen LogP contribution < -0.4 is 10.5 Å². The molecule has 0 spiro atoms. The van der Waals surface area contributed by atoms with Gasteiger partial charge in [0.1, 0.15) is 5.58 Å². The van der Waals surface area contributed by atoms with E-state index in [-0.39, 0.29) is 12.2 Å². The molecule has 6 heteroatoms. The molecule has 31 heavy (non-hydrogen) atoms. The molecule has 0 bridgehead atoms. The molecule has 1 heterocycles. The van der Waals surface area contributed by atoms with E-state index in [1.54, 1.807) is 17.8 Å². The van der Waals surface area contributed by atoms with E-state index in [1.807, 2.05) is 61.2 Å². The fourth-order valence-corrected chi connectivity index (χ4v) is 4.17. The number of fused-ring (bicyclic) bond motifs is 1. The maximum absolute atomic E-state index is 12.6. The van der Waals surface area contributed by atoms with Crippen LogP contribution in [0.2, 0.25) is 0 Å². The fourth-order valence-electron chi connectivity index (χ4n) is 3.24. The van der Waals surface area contributed by atoms with E-state index in [9.17, 15) is 9.90 Å². The van der Waals surface area contributed by atoms with Gasteiger partial charge in [0.15, 0.2) is 0 Å². The molecule has 0 atom stereocenters. The van der Waals surface area contributed by atoms with Crippen molar-refractivity contribution >= 4 is 39.5 Å². The van der Waals surface area contributed by atoms with Gasteiger partial charge in [-0.3, -0.25) is 4.99 Å². The average molecular weight is 437 g/mol. The first-order valence-corrected chi connectivity index (χ1v) is 11.3. The van der Waals surface area contributed by atoms with E-state index >= 15 is 0 Å². The summed E-state index contributed by atoms with van der Waals surface area (Å²) in [5.74, 6) is 0. The lowest BCUT2D eigenvalue weighted by molar-refractivity contribution is 0.302. The van der Waals surface area contributed by atoms with Gasteiger partial charge in [0.2, 0.25) is 0 Å². The Morgan fingerprint density at radius 1 is 1.19 bits per heavy atom. The van der Waals surface area contributed by atoms with E-state index in [0.29, 0.717) is 24.2 Å². The number of nitrogens with zero attached hydrogens (tertiary/aromatic N) is 2. The average Bonchev–Trinajstić information content (AvgIpc) is 2.77. The van der Waals surface area contributed by atoms with Crippen molar-refractivity contribution in [3.8, 4) is 0 Å². The fraction of sp³-hybridized carbons (Fsp3) is 0.280. The maximum atomic E-state index is 12.6. The number of hydrogen-bond donors (Lipinski definition) is 1. The lowest BCUT2D eigenvalue weighted by Crippen LogP contribution is -2.26. The van der Waals surface area contributed by atoms with Crippen LogP contribution in [0.5, 0.6) is 0 Å². The molecule has 2 aromatic carbocycles. The van der Waals surface area contributed by atoms with Gasteiger partial charge in [-0.25, -0.2) is 4.79 Å². The number of likely N-dealkylation sites (N-methyl/N-ethyl adjacent to an activating group) is 1. The van der Waals surface area contributed by atoms with Crippen molar-refractivity contribution < 1.29 is 9.52 Å². The van der Waals surface area contributed by atoms with Crippen LogP contribution in [0.4, 0.5) is 5.69 Å². The number of aryl methyl sites for hydroxylation is 1. The summed E-state index contributed by atoms with van der Waals surface area (Å²) in [6, 6.07) is 15.8. The lowest BCUT2D eigenvalue weighted by Gasteiger charge is -2.22. The molecule has 3 rings (SSSR count). The Morgan fingerprint density at radius 3 is 2.71 bits per heavy atom. The van der Waals surface area contributed by atoms with Crippen LogP contribution in [0.25, 0.3) is 17.0 Å². The van der Waals surface area contributed by atoms with Crippen molar-refractivity contribution in [1.29, 1.82) is 0 Å². The topological polar surface area (TPSA) is 66.0 Å². The Labute approximate surface area is 187 Å². The van der Waals surface area contributed by atoms with Crippen LogP contribution >= 0.6 is 11.8 Å². The zero-order chi connectivity index (χ0) is 22.2. The Kier molecular flexibility index (Phi) is 8.09. The van der Waals surface area contributed by atoms with E-state index in [1.165, 1.54) is 5.56 Å². The number of aliphatic hydroxyl groups excluding tert-OH is 1. The lowest BCUT2D eigenvalue weighted by atomic mass is 10.1. The van der Waals surface area contributed by atoms with Gasteiger partial charge in [0.05, 0.1) is 17.2 Å². The zero-order valence-electron chi connectivity index (χ0n) is 18.2. The van der Waals surface area contributed by atoms with Gasteiger partial charge in [-0.05, 0) is 62.8 Å². The molecule has 0 unspecified atom stereocenters. The summed E-state index contributed by atoms with van der Waals surface area (Å²) in [6.07, 6.45) is 3.64. The van der Waals surface area contributed by atoms with Crippen molar-refractivity contribution in [2.45, 2.75) is 25.7 Å². The monoisotopic (exact) mass is 436 g/mol. The van der Waals surface area contributed by atoms with Crippen molar-refractivity contribution in [2.75, 3.05) is 31.1 Å². The van der Waals surface area contributed by atoms with E-state index in [0.717, 1.165) is 27.6 Å². The van der Waals surface area contributed by atoms with Crippen LogP contribution in [0.15, 0.2) is 73.7 Å². The Morgan fingerprint density at radius 2 is 2.00 bits per heavy atom. The minimum absolute atomic E-state index is 0.0712. The van der Waals surface area contributed by atoms with Crippen LogP contribution in [0.3, 0.4) is 0 Å². The third-order valence-corrected chi connectivity index (χ3v) is 6.04. The number of benzene rings is 2. The Balaban J connectivity index is 1.88. The SMILES string of the molecule is CCN=C(/C=C/c1cc2ccc(N(CC)CCO)cc2oc1=O)Sc1ccccc1C. The summed E-state index contributed by atoms with van der Waals surface area (Å²) in [7, 11) is 0. The van der Waals surface area contributed by atoms with Crippen molar-refractivity contribution in [3.05, 3.63) is 76.2 Å². The standard InChI is InChI=1S/C25H28N2O3S/c1-4-26-24(31-23-9-7-6-8-18(23)3)13-11-20-16-19-10-12-21(27(5-2)14-15-28)17-22(19)30-25(20)29/h6-13,16-17,28H,4-5,14-15H2,1-3H3/b13-11+,26-24?. The minimum Gasteiger partial charge on any atom is -0.422 e.